The van der Waals surface area contributed by atoms with Crippen molar-refractivity contribution in [1.82, 2.24) is 19.7 Å². The highest BCUT2D eigenvalue weighted by Gasteiger charge is 2.32. The Morgan fingerprint density at radius 2 is 2.07 bits per heavy atom. The van der Waals surface area contributed by atoms with E-state index in [2.05, 4.69) is 15.0 Å². The van der Waals surface area contributed by atoms with Gasteiger partial charge < -0.3 is 4.52 Å². The lowest BCUT2D eigenvalue weighted by atomic mass is 9.94. The quantitative estimate of drug-likeness (QED) is 0.716. The molecule has 4 rings (SSSR count). The molecule has 1 aliphatic carbocycles. The van der Waals surface area contributed by atoms with E-state index in [4.69, 9.17) is 4.52 Å². The second-order valence-corrected chi connectivity index (χ2v) is 8.42. The van der Waals surface area contributed by atoms with Gasteiger partial charge in [-0.1, -0.05) is 5.16 Å². The second-order valence-electron chi connectivity index (χ2n) is 6.77. The van der Waals surface area contributed by atoms with Crippen molar-refractivity contribution < 1.29 is 21.7 Å². The SMILES string of the molecule is Cc1noc(C)c1S(=O)(=O)NC1CCCc2c1cnn2-c1ccc(F)cc1F. The highest BCUT2D eigenvalue weighted by Crippen LogP contribution is 2.33. The summed E-state index contributed by atoms with van der Waals surface area (Å²) in [6, 6.07) is 2.76. The van der Waals surface area contributed by atoms with Crippen LogP contribution >= 0.6 is 0 Å². The van der Waals surface area contributed by atoms with E-state index in [1.165, 1.54) is 23.9 Å². The molecule has 1 N–H and O–H groups in total. The Balaban J connectivity index is 1.70. The molecule has 1 atom stereocenters. The molecule has 7 nitrogen and oxygen atoms in total. The summed E-state index contributed by atoms with van der Waals surface area (Å²) >= 11 is 0. The van der Waals surface area contributed by atoms with Crippen LogP contribution in [0, 0.1) is 25.5 Å². The Morgan fingerprint density at radius 1 is 1.29 bits per heavy atom. The van der Waals surface area contributed by atoms with Crippen molar-refractivity contribution >= 4 is 10.0 Å². The van der Waals surface area contributed by atoms with E-state index in [0.717, 1.165) is 12.1 Å². The molecule has 0 fully saturated rings. The molecule has 10 heteroatoms. The van der Waals surface area contributed by atoms with Gasteiger partial charge >= 0.3 is 0 Å². The van der Waals surface area contributed by atoms with E-state index < -0.39 is 27.7 Å². The minimum Gasteiger partial charge on any atom is -0.360 e. The molecule has 1 aromatic carbocycles. The molecule has 0 saturated carbocycles. The van der Waals surface area contributed by atoms with E-state index in [9.17, 15) is 17.2 Å². The first kappa shape index (κ1) is 18.8. The lowest BCUT2D eigenvalue weighted by Crippen LogP contribution is -2.31. The summed E-state index contributed by atoms with van der Waals surface area (Å²) in [5.41, 5.74) is 1.77. The number of aryl methyl sites for hydroxylation is 2. The number of benzene rings is 1. The first-order chi connectivity index (χ1) is 13.3. The lowest BCUT2D eigenvalue weighted by Gasteiger charge is -2.24. The molecule has 0 aliphatic heterocycles. The third-order valence-corrected chi connectivity index (χ3v) is 6.57. The predicted molar refractivity (Wildman–Crippen MR) is 95.5 cm³/mol. The Morgan fingerprint density at radius 3 is 2.75 bits per heavy atom. The van der Waals surface area contributed by atoms with E-state index >= 15 is 0 Å². The molecule has 1 aliphatic rings. The van der Waals surface area contributed by atoms with Gasteiger partial charge in [-0.3, -0.25) is 0 Å². The number of sulfonamides is 1. The zero-order valence-corrected chi connectivity index (χ0v) is 16.1. The normalized spacial score (nSPS) is 16.9. The van der Waals surface area contributed by atoms with Gasteiger partial charge in [0.05, 0.1) is 12.2 Å². The van der Waals surface area contributed by atoms with Crippen molar-refractivity contribution in [3.63, 3.8) is 0 Å². The smallest absolute Gasteiger partial charge is 0.246 e. The fraction of sp³-hybridized carbons (Fsp3) is 0.333. The Kier molecular flexibility index (Phi) is 4.54. The molecule has 1 unspecified atom stereocenters. The van der Waals surface area contributed by atoms with Gasteiger partial charge in [-0.2, -0.15) is 5.10 Å². The minimum absolute atomic E-state index is 0.0246. The molecule has 0 spiro atoms. The van der Waals surface area contributed by atoms with Crippen molar-refractivity contribution in [2.24, 2.45) is 0 Å². The summed E-state index contributed by atoms with van der Waals surface area (Å²) in [5.74, 6) is -1.19. The monoisotopic (exact) mass is 408 g/mol. The zero-order valence-electron chi connectivity index (χ0n) is 15.2. The van der Waals surface area contributed by atoms with Crippen LogP contribution in [-0.4, -0.2) is 23.4 Å². The standard InChI is InChI=1S/C18H18F2N4O3S/c1-10-18(11(2)27-22-10)28(25,26)23-15-4-3-5-16-13(15)9-21-24(16)17-7-6-12(19)8-14(17)20/h6-9,15,23H,3-5H2,1-2H3. The fourth-order valence-electron chi connectivity index (χ4n) is 3.64. The van der Waals surface area contributed by atoms with E-state index in [1.54, 1.807) is 6.92 Å². The van der Waals surface area contributed by atoms with Gasteiger partial charge in [0, 0.05) is 17.3 Å². The number of rotatable bonds is 4. The van der Waals surface area contributed by atoms with Crippen LogP contribution in [0.1, 0.15) is 41.6 Å². The summed E-state index contributed by atoms with van der Waals surface area (Å²) in [7, 11) is -3.86. The maximum Gasteiger partial charge on any atom is 0.246 e. The maximum absolute atomic E-state index is 14.2. The molecule has 0 saturated heterocycles. The summed E-state index contributed by atoms with van der Waals surface area (Å²) in [6.07, 6.45) is 3.40. The van der Waals surface area contributed by atoms with E-state index in [0.29, 0.717) is 30.5 Å². The Bertz CT molecular complexity index is 1130. The predicted octanol–water partition coefficient (Wildman–Crippen LogP) is 3.11. The van der Waals surface area contributed by atoms with Crippen molar-refractivity contribution in [3.8, 4) is 5.69 Å². The van der Waals surface area contributed by atoms with Crippen molar-refractivity contribution in [1.29, 1.82) is 0 Å². The molecule has 2 heterocycles. The van der Waals surface area contributed by atoms with Gasteiger partial charge in [0.25, 0.3) is 0 Å². The summed E-state index contributed by atoms with van der Waals surface area (Å²) in [4.78, 5) is 0.0246. The molecule has 148 valence electrons. The van der Waals surface area contributed by atoms with Crippen molar-refractivity contribution in [2.75, 3.05) is 0 Å². The first-order valence-corrected chi connectivity index (χ1v) is 10.2. The lowest BCUT2D eigenvalue weighted by molar-refractivity contribution is 0.390. The van der Waals surface area contributed by atoms with E-state index in [-0.39, 0.29) is 22.0 Å². The third kappa shape index (κ3) is 3.12. The summed E-state index contributed by atoms with van der Waals surface area (Å²) in [6.45, 7) is 3.10. The summed E-state index contributed by atoms with van der Waals surface area (Å²) < 4.78 is 62.2. The second kappa shape index (κ2) is 6.78. The molecule has 0 amide bonds. The number of hydrogen-bond donors (Lipinski definition) is 1. The van der Waals surface area contributed by atoms with Gasteiger partial charge in [-0.05, 0) is 45.2 Å². The molecular formula is C18H18F2N4O3S. The Labute approximate surface area is 160 Å². The van der Waals surface area contributed by atoms with Crippen LogP contribution < -0.4 is 4.72 Å². The van der Waals surface area contributed by atoms with Gasteiger partial charge in [-0.25, -0.2) is 26.6 Å². The van der Waals surface area contributed by atoms with Crippen LogP contribution in [-0.2, 0) is 16.4 Å². The number of fused-ring (bicyclic) bond motifs is 1. The van der Waals surface area contributed by atoms with Crippen LogP contribution in [0.4, 0.5) is 8.78 Å². The van der Waals surface area contributed by atoms with Gasteiger partial charge in [0.1, 0.15) is 22.1 Å². The fourth-order valence-corrected chi connectivity index (χ4v) is 5.22. The number of nitrogens with one attached hydrogen (secondary N) is 1. The van der Waals surface area contributed by atoms with Crippen molar-refractivity contribution in [3.05, 3.63) is 58.7 Å². The van der Waals surface area contributed by atoms with Gasteiger partial charge in [0.15, 0.2) is 11.6 Å². The molecule has 0 bridgehead atoms. The number of aromatic nitrogens is 3. The van der Waals surface area contributed by atoms with Crippen LogP contribution in [0.2, 0.25) is 0 Å². The number of hydrogen-bond acceptors (Lipinski definition) is 5. The molecule has 3 aromatic rings. The first-order valence-electron chi connectivity index (χ1n) is 8.75. The average Bonchev–Trinajstić information content (AvgIpc) is 3.19. The number of nitrogens with zero attached hydrogens (tertiary/aromatic N) is 3. The highest BCUT2D eigenvalue weighted by atomic mass is 32.2. The van der Waals surface area contributed by atoms with Crippen LogP contribution in [0.5, 0.6) is 0 Å². The van der Waals surface area contributed by atoms with Gasteiger partial charge in [0.2, 0.25) is 10.0 Å². The molecular weight excluding hydrogens is 390 g/mol. The maximum atomic E-state index is 14.2. The number of halogens is 2. The molecule has 0 radical (unpaired) electrons. The molecule has 2 aromatic heterocycles. The third-order valence-electron chi connectivity index (χ3n) is 4.85. The van der Waals surface area contributed by atoms with Gasteiger partial charge in [-0.15, -0.1) is 0 Å². The average molecular weight is 408 g/mol. The zero-order chi connectivity index (χ0) is 20.1. The van der Waals surface area contributed by atoms with Crippen LogP contribution in [0.25, 0.3) is 5.69 Å². The minimum atomic E-state index is -3.86. The van der Waals surface area contributed by atoms with Crippen molar-refractivity contribution in [2.45, 2.75) is 44.0 Å². The van der Waals surface area contributed by atoms with Crippen LogP contribution in [0.3, 0.4) is 0 Å². The highest BCUT2D eigenvalue weighted by molar-refractivity contribution is 7.89. The Hall–Kier alpha value is -2.59. The van der Waals surface area contributed by atoms with E-state index in [1.807, 2.05) is 0 Å². The van der Waals surface area contributed by atoms with Crippen LogP contribution in [0.15, 0.2) is 33.8 Å². The topological polar surface area (TPSA) is 90.0 Å². The molecule has 28 heavy (non-hydrogen) atoms. The largest absolute Gasteiger partial charge is 0.360 e. The summed E-state index contributed by atoms with van der Waals surface area (Å²) in [5, 5.41) is 7.92.